The Labute approximate surface area is 163 Å². The monoisotopic (exact) mass is 401 g/mol. The molecule has 1 amide bonds. The topological polar surface area (TPSA) is 125 Å². The summed E-state index contributed by atoms with van der Waals surface area (Å²) in [5, 5.41) is 11.3. The second-order valence-corrected chi connectivity index (χ2v) is 7.72. The van der Waals surface area contributed by atoms with Crippen molar-refractivity contribution in [2.75, 3.05) is 11.9 Å². The number of carbonyl (C=O) groups is 2. The number of hydrogen-bond acceptors (Lipinski definition) is 6. The number of nitriles is 1. The van der Waals surface area contributed by atoms with Crippen LogP contribution in [0.2, 0.25) is 0 Å². The molecule has 2 aromatic rings. The zero-order chi connectivity index (χ0) is 20.7. The molecule has 9 heteroatoms. The number of anilines is 1. The molecule has 0 spiro atoms. The van der Waals surface area contributed by atoms with Gasteiger partial charge in [-0.25, -0.2) is 8.42 Å². The highest BCUT2D eigenvalue weighted by Gasteiger charge is 2.20. The Morgan fingerprint density at radius 3 is 2.29 bits per heavy atom. The van der Waals surface area contributed by atoms with Crippen LogP contribution in [0.3, 0.4) is 0 Å². The maximum atomic E-state index is 12.1. The molecular formula is C19H19N3O5S. The summed E-state index contributed by atoms with van der Waals surface area (Å²) in [7, 11) is -3.86. The smallest absolute Gasteiger partial charge is 0.321 e. The third-order valence-corrected chi connectivity index (χ3v) is 5.11. The standard InChI is InChI=1S/C19H19N3O5S/c1-13-3-9-17(10-4-13)28(25,26)21-12-18(23)27-14(2)19(24)22-16-7-5-15(11-20)6-8-16/h3-10,14,21H,12H2,1-2H3,(H,22,24)/t14-/m1/s1. The Balaban J connectivity index is 1.86. The Morgan fingerprint density at radius 2 is 1.71 bits per heavy atom. The van der Waals surface area contributed by atoms with Gasteiger partial charge in [-0.15, -0.1) is 0 Å². The lowest BCUT2D eigenvalue weighted by Crippen LogP contribution is -2.35. The van der Waals surface area contributed by atoms with E-state index in [9.17, 15) is 18.0 Å². The van der Waals surface area contributed by atoms with Crippen LogP contribution in [0, 0.1) is 18.3 Å². The van der Waals surface area contributed by atoms with E-state index in [1.54, 1.807) is 24.3 Å². The zero-order valence-corrected chi connectivity index (χ0v) is 16.1. The molecule has 0 aliphatic heterocycles. The van der Waals surface area contributed by atoms with Gasteiger partial charge in [0.25, 0.3) is 5.91 Å². The minimum Gasteiger partial charge on any atom is -0.452 e. The highest BCUT2D eigenvalue weighted by molar-refractivity contribution is 7.89. The number of ether oxygens (including phenoxy) is 1. The summed E-state index contributed by atoms with van der Waals surface area (Å²) in [6.45, 7) is 2.58. The summed E-state index contributed by atoms with van der Waals surface area (Å²) in [6, 6.07) is 14.2. The van der Waals surface area contributed by atoms with Gasteiger partial charge in [0.2, 0.25) is 10.0 Å². The molecule has 0 aliphatic carbocycles. The highest BCUT2D eigenvalue weighted by atomic mass is 32.2. The van der Waals surface area contributed by atoms with E-state index in [2.05, 4.69) is 10.0 Å². The van der Waals surface area contributed by atoms with Gasteiger partial charge in [0.1, 0.15) is 6.54 Å². The molecule has 2 rings (SSSR count). The number of nitrogens with zero attached hydrogens (tertiary/aromatic N) is 1. The van der Waals surface area contributed by atoms with Gasteiger partial charge in [-0.1, -0.05) is 17.7 Å². The van der Waals surface area contributed by atoms with Crippen molar-refractivity contribution in [1.29, 1.82) is 5.26 Å². The first-order chi connectivity index (χ1) is 13.2. The van der Waals surface area contributed by atoms with Crippen molar-refractivity contribution >= 4 is 27.6 Å². The van der Waals surface area contributed by atoms with Crippen LogP contribution < -0.4 is 10.0 Å². The largest absolute Gasteiger partial charge is 0.452 e. The predicted octanol–water partition coefficient (Wildman–Crippen LogP) is 1.72. The van der Waals surface area contributed by atoms with E-state index in [-0.39, 0.29) is 4.90 Å². The first-order valence-electron chi connectivity index (χ1n) is 8.28. The number of rotatable bonds is 7. The quantitative estimate of drug-likeness (QED) is 0.681. The summed E-state index contributed by atoms with van der Waals surface area (Å²) < 4.78 is 31.4. The highest BCUT2D eigenvalue weighted by Crippen LogP contribution is 2.11. The van der Waals surface area contributed by atoms with Crippen molar-refractivity contribution in [3.05, 3.63) is 59.7 Å². The van der Waals surface area contributed by atoms with Crippen molar-refractivity contribution in [3.63, 3.8) is 0 Å². The van der Waals surface area contributed by atoms with E-state index in [1.165, 1.54) is 31.2 Å². The van der Waals surface area contributed by atoms with Crippen LogP contribution in [-0.4, -0.2) is 32.9 Å². The lowest BCUT2D eigenvalue weighted by atomic mass is 10.2. The number of aryl methyl sites for hydroxylation is 1. The van der Waals surface area contributed by atoms with E-state index in [4.69, 9.17) is 10.00 Å². The molecule has 0 heterocycles. The lowest BCUT2D eigenvalue weighted by molar-refractivity contribution is -0.151. The molecule has 146 valence electrons. The number of esters is 1. The Kier molecular flexibility index (Phi) is 6.87. The van der Waals surface area contributed by atoms with Gasteiger partial charge in [-0.05, 0) is 50.2 Å². The Bertz CT molecular complexity index is 993. The average molecular weight is 401 g/mol. The van der Waals surface area contributed by atoms with Crippen LogP contribution in [0.1, 0.15) is 18.1 Å². The summed E-state index contributed by atoms with van der Waals surface area (Å²) in [5.41, 5.74) is 1.78. The first kappa shape index (κ1) is 21.1. The molecular weight excluding hydrogens is 382 g/mol. The third kappa shape index (κ3) is 5.90. The van der Waals surface area contributed by atoms with Crippen molar-refractivity contribution in [2.45, 2.75) is 24.8 Å². The molecule has 2 aromatic carbocycles. The lowest BCUT2D eigenvalue weighted by Gasteiger charge is -2.14. The van der Waals surface area contributed by atoms with Gasteiger partial charge in [0, 0.05) is 5.69 Å². The SMILES string of the molecule is Cc1ccc(S(=O)(=O)NCC(=O)O[C@H](C)C(=O)Nc2ccc(C#N)cc2)cc1. The summed E-state index contributed by atoms with van der Waals surface area (Å²) >= 11 is 0. The maximum Gasteiger partial charge on any atom is 0.321 e. The zero-order valence-electron chi connectivity index (χ0n) is 15.3. The van der Waals surface area contributed by atoms with Crippen molar-refractivity contribution in [2.24, 2.45) is 0 Å². The number of benzene rings is 2. The molecule has 0 unspecified atom stereocenters. The molecule has 2 N–H and O–H groups in total. The second-order valence-electron chi connectivity index (χ2n) is 5.95. The minimum absolute atomic E-state index is 0.0255. The Morgan fingerprint density at radius 1 is 1.11 bits per heavy atom. The molecule has 0 fully saturated rings. The van der Waals surface area contributed by atoms with E-state index in [0.29, 0.717) is 11.3 Å². The van der Waals surface area contributed by atoms with Crippen LogP contribution in [0.5, 0.6) is 0 Å². The summed E-state index contributed by atoms with van der Waals surface area (Å²) in [6.07, 6.45) is -1.13. The van der Waals surface area contributed by atoms with Gasteiger partial charge in [0.15, 0.2) is 6.10 Å². The number of amides is 1. The third-order valence-electron chi connectivity index (χ3n) is 3.70. The molecule has 8 nitrogen and oxygen atoms in total. The molecule has 1 atom stereocenters. The van der Waals surface area contributed by atoms with Crippen molar-refractivity contribution < 1.29 is 22.7 Å². The molecule has 0 bridgehead atoms. The normalized spacial score (nSPS) is 11.9. The molecule has 0 saturated carbocycles. The predicted molar refractivity (Wildman–Crippen MR) is 102 cm³/mol. The van der Waals surface area contributed by atoms with Gasteiger partial charge in [-0.3, -0.25) is 9.59 Å². The minimum atomic E-state index is -3.86. The molecule has 28 heavy (non-hydrogen) atoms. The van der Waals surface area contributed by atoms with Gasteiger partial charge < -0.3 is 10.1 Å². The van der Waals surface area contributed by atoms with Crippen molar-refractivity contribution in [1.82, 2.24) is 4.72 Å². The number of nitrogens with one attached hydrogen (secondary N) is 2. The van der Waals surface area contributed by atoms with Crippen LogP contribution in [0.4, 0.5) is 5.69 Å². The molecule has 0 radical (unpaired) electrons. The summed E-state index contributed by atoms with van der Waals surface area (Å²) in [5.74, 6) is -1.47. The number of hydrogen-bond donors (Lipinski definition) is 2. The van der Waals surface area contributed by atoms with Crippen LogP contribution in [0.15, 0.2) is 53.4 Å². The molecule has 0 saturated heterocycles. The fraction of sp³-hybridized carbons (Fsp3) is 0.211. The number of carbonyl (C=O) groups excluding carboxylic acids is 2. The second kappa shape index (κ2) is 9.12. The van der Waals surface area contributed by atoms with E-state index in [1.807, 2.05) is 13.0 Å². The van der Waals surface area contributed by atoms with Crippen LogP contribution in [0.25, 0.3) is 0 Å². The van der Waals surface area contributed by atoms with Crippen LogP contribution in [-0.2, 0) is 24.3 Å². The van der Waals surface area contributed by atoms with E-state index >= 15 is 0 Å². The maximum absolute atomic E-state index is 12.1. The number of sulfonamides is 1. The van der Waals surface area contributed by atoms with Gasteiger partial charge in [-0.2, -0.15) is 9.98 Å². The van der Waals surface area contributed by atoms with Gasteiger partial charge >= 0.3 is 5.97 Å². The van der Waals surface area contributed by atoms with Gasteiger partial charge in [0.05, 0.1) is 16.5 Å². The van der Waals surface area contributed by atoms with E-state index in [0.717, 1.165) is 5.56 Å². The van der Waals surface area contributed by atoms with E-state index < -0.39 is 34.5 Å². The molecule has 0 aromatic heterocycles. The average Bonchev–Trinajstić information content (AvgIpc) is 2.67. The fourth-order valence-electron chi connectivity index (χ4n) is 2.12. The fourth-order valence-corrected chi connectivity index (χ4v) is 3.09. The van der Waals surface area contributed by atoms with Crippen molar-refractivity contribution in [3.8, 4) is 6.07 Å². The van der Waals surface area contributed by atoms with Crippen LogP contribution >= 0.6 is 0 Å². The first-order valence-corrected chi connectivity index (χ1v) is 9.76. The molecule has 0 aliphatic rings. The Hall–Kier alpha value is -3.22. The summed E-state index contributed by atoms with van der Waals surface area (Å²) in [4.78, 5) is 24.0.